The number of nitrogens with zero attached hydrogens (tertiary/aromatic N) is 1. The highest BCUT2D eigenvalue weighted by molar-refractivity contribution is 5.76. The maximum absolute atomic E-state index is 10.4. The summed E-state index contributed by atoms with van der Waals surface area (Å²) in [7, 11) is 7.52. The number of pyridine rings is 1. The van der Waals surface area contributed by atoms with E-state index >= 15 is 0 Å². The quantitative estimate of drug-likeness (QED) is 0.237. The fraction of sp³-hybridized carbons (Fsp3) is 0.550. The van der Waals surface area contributed by atoms with Crippen LogP contribution in [0.1, 0.15) is 40.2 Å². The molecule has 2 atom stereocenters. The lowest BCUT2D eigenvalue weighted by molar-refractivity contribution is -0.109. The number of nitrogens with one attached hydrogen (secondary N) is 2. The Bertz CT molecular complexity index is 466. The van der Waals surface area contributed by atoms with Crippen LogP contribution in [0.3, 0.4) is 0 Å². The predicted molar refractivity (Wildman–Crippen MR) is 119 cm³/mol. The third-order valence-electron chi connectivity index (χ3n) is 3.13. The van der Waals surface area contributed by atoms with Gasteiger partial charge in [-0.15, -0.1) is 0 Å². The van der Waals surface area contributed by atoms with Gasteiger partial charge in [-0.05, 0) is 45.5 Å². The van der Waals surface area contributed by atoms with Gasteiger partial charge in [0.2, 0.25) is 0 Å². The summed E-state index contributed by atoms with van der Waals surface area (Å²) in [6.45, 7) is 0. The van der Waals surface area contributed by atoms with Crippen molar-refractivity contribution in [3.63, 3.8) is 0 Å². The molecule has 0 aliphatic rings. The van der Waals surface area contributed by atoms with Crippen molar-refractivity contribution in [2.24, 2.45) is 0 Å². The number of carbonyl (C=O) groups is 4. The van der Waals surface area contributed by atoms with Crippen molar-refractivity contribution >= 4 is 25.1 Å². The van der Waals surface area contributed by atoms with Crippen LogP contribution in [-0.4, -0.2) is 105 Å². The summed E-state index contributed by atoms with van der Waals surface area (Å²) in [4.78, 5) is 44.7. The zero-order chi connectivity index (χ0) is 25.5. The summed E-state index contributed by atoms with van der Waals surface area (Å²) in [5, 5.41) is 33.8. The van der Waals surface area contributed by atoms with Crippen LogP contribution in [0.25, 0.3) is 0 Å². The van der Waals surface area contributed by atoms with Crippen molar-refractivity contribution in [1.82, 2.24) is 15.6 Å². The van der Waals surface area contributed by atoms with E-state index < -0.39 is 0 Å². The van der Waals surface area contributed by atoms with Gasteiger partial charge < -0.3 is 40.6 Å². The lowest BCUT2D eigenvalue weighted by atomic mass is 10.1. The number of hydrogen-bond acceptors (Lipinski definition) is 11. The Morgan fingerprint density at radius 2 is 1.06 bits per heavy atom. The predicted octanol–water partition coefficient (Wildman–Crippen LogP) is -1.13. The normalized spacial score (nSPS) is 9.87. The number of aldehydes is 4. The largest absolute Gasteiger partial charge is 0.400 e. The molecule has 0 spiro atoms. The fourth-order valence-corrected chi connectivity index (χ4v) is 1.72. The summed E-state index contributed by atoms with van der Waals surface area (Å²) in [6, 6.07) is 4.54. The van der Waals surface area contributed by atoms with E-state index in [4.69, 9.17) is 20.4 Å². The molecule has 182 valence electrons. The van der Waals surface area contributed by atoms with Gasteiger partial charge in [-0.25, -0.2) is 4.98 Å². The van der Waals surface area contributed by atoms with Crippen LogP contribution in [0.15, 0.2) is 18.2 Å². The van der Waals surface area contributed by atoms with Gasteiger partial charge in [0, 0.05) is 28.4 Å². The molecular weight excluding hydrogens is 410 g/mol. The smallest absolute Gasteiger partial charge is 0.168 e. The van der Waals surface area contributed by atoms with E-state index in [1.165, 1.54) is 0 Å². The molecule has 0 amide bonds. The number of hydrogen-bond donors (Lipinski definition) is 6. The monoisotopic (exact) mass is 449 g/mol. The summed E-state index contributed by atoms with van der Waals surface area (Å²) in [5.41, 5.74) is 0.564. The Hall–Kier alpha value is -2.41. The highest BCUT2D eigenvalue weighted by Crippen LogP contribution is 2.01. The van der Waals surface area contributed by atoms with Crippen LogP contribution in [-0.2, 0) is 9.59 Å². The van der Waals surface area contributed by atoms with Crippen molar-refractivity contribution in [1.29, 1.82) is 0 Å². The van der Waals surface area contributed by atoms with Gasteiger partial charge >= 0.3 is 0 Å². The zero-order valence-corrected chi connectivity index (χ0v) is 19.2. The van der Waals surface area contributed by atoms with Crippen LogP contribution in [0.5, 0.6) is 0 Å². The van der Waals surface area contributed by atoms with E-state index in [1.807, 2.05) is 0 Å². The molecule has 1 aromatic rings. The van der Waals surface area contributed by atoms with Crippen LogP contribution in [0.4, 0.5) is 0 Å². The summed E-state index contributed by atoms with van der Waals surface area (Å²) in [5.74, 6) is 0. The van der Waals surface area contributed by atoms with E-state index in [2.05, 4.69) is 15.6 Å². The topological polar surface area (TPSA) is 186 Å². The number of aliphatic hydroxyl groups excluding tert-OH is 4. The summed E-state index contributed by atoms with van der Waals surface area (Å²) >= 11 is 0. The minimum absolute atomic E-state index is 0.0795. The molecule has 0 saturated carbocycles. The molecule has 11 nitrogen and oxygen atoms in total. The molecule has 11 heteroatoms. The number of carbonyl (C=O) groups excluding carboxylic acids is 4. The molecule has 6 N–H and O–H groups in total. The lowest BCUT2D eigenvalue weighted by Crippen LogP contribution is -2.29. The Morgan fingerprint density at radius 3 is 1.29 bits per heavy atom. The van der Waals surface area contributed by atoms with Crippen molar-refractivity contribution in [3.05, 3.63) is 29.6 Å². The van der Waals surface area contributed by atoms with Crippen molar-refractivity contribution in [2.75, 3.05) is 42.5 Å². The van der Waals surface area contributed by atoms with E-state index in [0.29, 0.717) is 12.6 Å². The van der Waals surface area contributed by atoms with E-state index in [0.717, 1.165) is 60.3 Å². The van der Waals surface area contributed by atoms with Crippen molar-refractivity contribution in [3.8, 4) is 0 Å². The van der Waals surface area contributed by atoms with E-state index in [-0.39, 0.29) is 23.5 Å². The Kier molecular flexibility index (Phi) is 48.2. The molecule has 0 radical (unpaired) electrons. The second kappa shape index (κ2) is 38.2. The maximum Gasteiger partial charge on any atom is 0.168 e. The summed E-state index contributed by atoms with van der Waals surface area (Å²) < 4.78 is 0. The minimum atomic E-state index is -0.0795. The molecule has 0 saturated heterocycles. The molecule has 1 rings (SSSR count). The van der Waals surface area contributed by atoms with E-state index in [1.54, 1.807) is 32.3 Å². The van der Waals surface area contributed by atoms with Gasteiger partial charge in [0.15, 0.2) is 12.6 Å². The van der Waals surface area contributed by atoms with E-state index in [9.17, 15) is 19.2 Å². The maximum atomic E-state index is 10.4. The van der Waals surface area contributed by atoms with Gasteiger partial charge in [0.05, 0.1) is 12.1 Å². The second-order valence-corrected chi connectivity index (χ2v) is 4.72. The second-order valence-electron chi connectivity index (χ2n) is 4.72. The third-order valence-corrected chi connectivity index (χ3v) is 3.13. The molecule has 1 heterocycles. The van der Waals surface area contributed by atoms with Crippen molar-refractivity contribution in [2.45, 2.75) is 31.3 Å². The van der Waals surface area contributed by atoms with Crippen molar-refractivity contribution < 1.29 is 39.6 Å². The Labute approximate surface area is 184 Å². The first-order valence-electron chi connectivity index (χ1n) is 9.06. The zero-order valence-electron chi connectivity index (χ0n) is 19.2. The Balaban J connectivity index is -0.000000111. The molecule has 0 aliphatic heterocycles. The van der Waals surface area contributed by atoms with Crippen LogP contribution in [0, 0.1) is 0 Å². The first-order chi connectivity index (χ1) is 15.1. The highest BCUT2D eigenvalue weighted by atomic mass is 16.2. The average molecular weight is 450 g/mol. The highest BCUT2D eigenvalue weighted by Gasteiger charge is 2.06. The molecule has 0 aromatic carbocycles. The average Bonchev–Trinajstić information content (AvgIpc) is 2.89. The first-order valence-corrected chi connectivity index (χ1v) is 9.06. The number of rotatable bonds is 10. The van der Waals surface area contributed by atoms with Gasteiger partial charge in [0.1, 0.15) is 24.0 Å². The first kappa shape index (κ1) is 39.1. The van der Waals surface area contributed by atoms with Crippen LogP contribution in [0.2, 0.25) is 0 Å². The molecule has 0 fully saturated rings. The Morgan fingerprint density at radius 1 is 0.742 bits per heavy atom. The standard InChI is InChI=1S/C9H18N2O2.C7H5NO2.4CH4O/c1-10-8(6-12)4-3-5-9(7-13)11-2;9-4-6-2-1-3-7(5-10)8-6;4*1-2/h6-11H,3-5H2,1-2H3;1-5H;4*2H,1H3. The molecule has 2 unspecified atom stereocenters. The lowest BCUT2D eigenvalue weighted by Gasteiger charge is -2.11. The number of aromatic nitrogens is 1. The fourth-order valence-electron chi connectivity index (χ4n) is 1.72. The minimum Gasteiger partial charge on any atom is -0.400 e. The number of likely N-dealkylation sites (N-methyl/N-ethyl adjacent to an activating group) is 2. The SMILES string of the molecule is CNC(C=O)CCCC(C=O)NC.CO.CO.CO.CO.O=Cc1cccc(C=O)n1. The van der Waals surface area contributed by atoms with Crippen LogP contribution >= 0.6 is 0 Å². The van der Waals surface area contributed by atoms with Gasteiger partial charge in [-0.2, -0.15) is 0 Å². The van der Waals surface area contributed by atoms with Gasteiger partial charge in [0.25, 0.3) is 0 Å². The molecule has 0 aliphatic carbocycles. The third kappa shape index (κ3) is 27.6. The molecular formula is C20H39N3O8. The van der Waals surface area contributed by atoms with Crippen LogP contribution < -0.4 is 10.6 Å². The molecule has 31 heavy (non-hydrogen) atoms. The summed E-state index contributed by atoms with van der Waals surface area (Å²) in [6.07, 6.45) is 5.44. The van der Waals surface area contributed by atoms with Gasteiger partial charge in [-0.1, -0.05) is 6.07 Å². The van der Waals surface area contributed by atoms with Gasteiger partial charge in [-0.3, -0.25) is 9.59 Å². The number of aliphatic hydroxyl groups is 4. The molecule has 0 bridgehead atoms. The molecule has 1 aromatic heterocycles.